The molecule has 2 nitrogen and oxygen atoms in total. The molecule has 0 amide bonds. The van der Waals surface area contributed by atoms with E-state index in [2.05, 4.69) is 0 Å². The van der Waals surface area contributed by atoms with Gasteiger partial charge < -0.3 is 10.5 Å². The lowest BCUT2D eigenvalue weighted by atomic mass is 9.99. The van der Waals surface area contributed by atoms with Crippen molar-refractivity contribution < 1.29 is 9.13 Å². The maximum Gasteiger partial charge on any atom is 0.126 e. The fraction of sp³-hybridized carbons (Fsp3) is 0.500. The van der Waals surface area contributed by atoms with E-state index in [1.807, 2.05) is 0 Å². The van der Waals surface area contributed by atoms with Crippen molar-refractivity contribution in [2.24, 2.45) is 5.73 Å². The number of hydrogen-bond acceptors (Lipinski definition) is 2. The Labute approximate surface area is 89.2 Å². The highest BCUT2D eigenvalue weighted by Crippen LogP contribution is 2.30. The van der Waals surface area contributed by atoms with Gasteiger partial charge in [0.1, 0.15) is 11.6 Å². The molecule has 0 aromatic heterocycles. The second-order valence-electron chi connectivity index (χ2n) is 3.85. The van der Waals surface area contributed by atoms with E-state index in [1.54, 1.807) is 6.07 Å². The highest BCUT2D eigenvalue weighted by atomic mass is 19.1. The number of benzene rings is 1. The molecule has 2 N–H and O–H groups in total. The Bertz CT molecular complexity index is 352. The van der Waals surface area contributed by atoms with Gasteiger partial charge in [0.25, 0.3) is 0 Å². The predicted molar refractivity (Wildman–Crippen MR) is 57.6 cm³/mol. The standard InChI is InChI=1S/C12H16FNO/c13-11-4-5-12-10(6-8-15-12)9(11)3-1-2-7-14/h4-5H,1-3,6-8,14H2. The van der Waals surface area contributed by atoms with E-state index in [1.165, 1.54) is 6.07 Å². The number of unbranched alkanes of at least 4 members (excludes halogenated alkanes) is 1. The zero-order chi connectivity index (χ0) is 10.7. The van der Waals surface area contributed by atoms with Crippen LogP contribution in [0.25, 0.3) is 0 Å². The van der Waals surface area contributed by atoms with E-state index in [9.17, 15) is 4.39 Å². The predicted octanol–water partition coefficient (Wildman–Crippen LogP) is 2.04. The van der Waals surface area contributed by atoms with Crippen LogP contribution < -0.4 is 10.5 Å². The van der Waals surface area contributed by atoms with Gasteiger partial charge in [0, 0.05) is 12.0 Å². The van der Waals surface area contributed by atoms with Gasteiger partial charge >= 0.3 is 0 Å². The van der Waals surface area contributed by atoms with E-state index in [0.717, 1.165) is 42.6 Å². The minimum Gasteiger partial charge on any atom is -0.493 e. The highest BCUT2D eigenvalue weighted by Gasteiger charge is 2.18. The average Bonchev–Trinajstić information content (AvgIpc) is 2.69. The molecule has 82 valence electrons. The number of ether oxygens (including phenoxy) is 1. The van der Waals surface area contributed by atoms with Crippen LogP contribution in [-0.2, 0) is 12.8 Å². The van der Waals surface area contributed by atoms with Gasteiger partial charge in [0.15, 0.2) is 0 Å². The fourth-order valence-electron chi connectivity index (χ4n) is 2.03. The van der Waals surface area contributed by atoms with Gasteiger partial charge in [-0.1, -0.05) is 0 Å². The Morgan fingerprint density at radius 1 is 1.33 bits per heavy atom. The van der Waals surface area contributed by atoms with Gasteiger partial charge in [0.2, 0.25) is 0 Å². The lowest BCUT2D eigenvalue weighted by Crippen LogP contribution is -2.01. The summed E-state index contributed by atoms with van der Waals surface area (Å²) in [6.45, 7) is 1.36. The largest absolute Gasteiger partial charge is 0.493 e. The van der Waals surface area contributed by atoms with Crippen LogP contribution in [0.5, 0.6) is 5.75 Å². The van der Waals surface area contributed by atoms with Crippen molar-refractivity contribution in [2.75, 3.05) is 13.2 Å². The molecule has 0 radical (unpaired) electrons. The molecule has 0 fully saturated rings. The molecule has 0 aliphatic carbocycles. The Morgan fingerprint density at radius 3 is 3.00 bits per heavy atom. The molecule has 0 unspecified atom stereocenters. The summed E-state index contributed by atoms with van der Waals surface area (Å²) in [4.78, 5) is 0. The first-order valence-electron chi connectivity index (χ1n) is 5.46. The molecule has 1 aliphatic rings. The molecular formula is C12H16FNO. The quantitative estimate of drug-likeness (QED) is 0.770. The molecular weight excluding hydrogens is 193 g/mol. The smallest absolute Gasteiger partial charge is 0.126 e. The molecule has 2 rings (SSSR count). The van der Waals surface area contributed by atoms with Crippen LogP contribution in [-0.4, -0.2) is 13.2 Å². The summed E-state index contributed by atoms with van der Waals surface area (Å²) >= 11 is 0. The van der Waals surface area contributed by atoms with E-state index in [4.69, 9.17) is 10.5 Å². The van der Waals surface area contributed by atoms with Crippen LogP contribution in [0.15, 0.2) is 12.1 Å². The fourth-order valence-corrected chi connectivity index (χ4v) is 2.03. The summed E-state index contributed by atoms with van der Waals surface area (Å²) in [6.07, 6.45) is 3.51. The Balaban J connectivity index is 2.17. The van der Waals surface area contributed by atoms with E-state index < -0.39 is 0 Å². The second kappa shape index (κ2) is 4.62. The van der Waals surface area contributed by atoms with Crippen molar-refractivity contribution in [3.63, 3.8) is 0 Å². The van der Waals surface area contributed by atoms with E-state index >= 15 is 0 Å². The summed E-state index contributed by atoms with van der Waals surface area (Å²) in [6, 6.07) is 3.23. The van der Waals surface area contributed by atoms with Crippen LogP contribution in [0.4, 0.5) is 4.39 Å². The average molecular weight is 209 g/mol. The number of fused-ring (bicyclic) bond motifs is 1. The molecule has 1 aliphatic heterocycles. The molecule has 0 atom stereocenters. The minimum atomic E-state index is -0.101. The van der Waals surface area contributed by atoms with Gasteiger partial charge in [-0.3, -0.25) is 0 Å². The molecule has 1 aromatic rings. The normalized spacial score (nSPS) is 13.7. The summed E-state index contributed by atoms with van der Waals surface area (Å²) < 4.78 is 19.0. The van der Waals surface area contributed by atoms with Crippen LogP contribution in [0.3, 0.4) is 0 Å². The molecule has 15 heavy (non-hydrogen) atoms. The lowest BCUT2D eigenvalue weighted by molar-refractivity contribution is 0.356. The Kier molecular flexibility index (Phi) is 3.21. The summed E-state index contributed by atoms with van der Waals surface area (Å²) in [7, 11) is 0. The first-order valence-corrected chi connectivity index (χ1v) is 5.46. The lowest BCUT2D eigenvalue weighted by Gasteiger charge is -2.07. The Morgan fingerprint density at radius 2 is 2.20 bits per heavy atom. The van der Waals surface area contributed by atoms with Gasteiger partial charge in [-0.25, -0.2) is 4.39 Å². The van der Waals surface area contributed by atoms with Crippen molar-refractivity contribution in [2.45, 2.75) is 25.7 Å². The highest BCUT2D eigenvalue weighted by molar-refractivity contribution is 5.43. The monoisotopic (exact) mass is 209 g/mol. The molecule has 0 spiro atoms. The van der Waals surface area contributed by atoms with Crippen LogP contribution in [0.2, 0.25) is 0 Å². The third kappa shape index (κ3) is 2.12. The van der Waals surface area contributed by atoms with Crippen molar-refractivity contribution >= 4 is 0 Å². The number of halogens is 1. The van der Waals surface area contributed by atoms with Crippen molar-refractivity contribution in [3.8, 4) is 5.75 Å². The maximum absolute atomic E-state index is 13.6. The maximum atomic E-state index is 13.6. The first-order chi connectivity index (χ1) is 7.33. The van der Waals surface area contributed by atoms with Crippen molar-refractivity contribution in [1.29, 1.82) is 0 Å². The topological polar surface area (TPSA) is 35.2 Å². The third-order valence-electron chi connectivity index (χ3n) is 2.82. The van der Waals surface area contributed by atoms with Gasteiger partial charge in [-0.05, 0) is 43.5 Å². The third-order valence-corrected chi connectivity index (χ3v) is 2.82. The van der Waals surface area contributed by atoms with Crippen molar-refractivity contribution in [3.05, 3.63) is 29.1 Å². The minimum absolute atomic E-state index is 0.101. The Hall–Kier alpha value is -1.09. The van der Waals surface area contributed by atoms with Gasteiger partial charge in [-0.2, -0.15) is 0 Å². The molecule has 0 bridgehead atoms. The van der Waals surface area contributed by atoms with E-state index in [-0.39, 0.29) is 5.82 Å². The van der Waals surface area contributed by atoms with E-state index in [0.29, 0.717) is 13.2 Å². The number of rotatable bonds is 4. The van der Waals surface area contributed by atoms with Crippen LogP contribution in [0, 0.1) is 5.82 Å². The second-order valence-corrected chi connectivity index (χ2v) is 3.85. The SMILES string of the molecule is NCCCCc1c(F)ccc2c1CCO2. The van der Waals surface area contributed by atoms with Crippen molar-refractivity contribution in [1.82, 2.24) is 0 Å². The zero-order valence-electron chi connectivity index (χ0n) is 8.76. The first kappa shape index (κ1) is 10.4. The summed E-state index contributed by atoms with van der Waals surface area (Å²) in [5.41, 5.74) is 7.32. The van der Waals surface area contributed by atoms with Gasteiger partial charge in [0.05, 0.1) is 6.61 Å². The molecule has 3 heteroatoms. The van der Waals surface area contributed by atoms with Crippen LogP contribution in [0.1, 0.15) is 24.0 Å². The van der Waals surface area contributed by atoms with Gasteiger partial charge in [-0.15, -0.1) is 0 Å². The summed E-state index contributed by atoms with van der Waals surface area (Å²) in [5.74, 6) is 0.760. The number of hydrogen-bond donors (Lipinski definition) is 1. The zero-order valence-corrected chi connectivity index (χ0v) is 8.76. The molecule has 0 saturated heterocycles. The number of nitrogens with two attached hydrogens (primary N) is 1. The van der Waals surface area contributed by atoms with Crippen LogP contribution >= 0.6 is 0 Å². The molecule has 0 saturated carbocycles. The summed E-state index contributed by atoms with van der Waals surface area (Å²) in [5, 5.41) is 0. The molecule has 1 heterocycles. The molecule has 1 aromatic carbocycles.